The van der Waals surface area contributed by atoms with Gasteiger partial charge in [-0.3, -0.25) is 9.82 Å². The Kier molecular flexibility index (Phi) is 22.8. The molecule has 0 fully saturated rings. The number of aliphatic hydroxyl groups is 1. The Hall–Kier alpha value is -1.88. The maximum atomic E-state index is 11.9. The zero-order chi connectivity index (χ0) is 29.2. The lowest BCUT2D eigenvalue weighted by Crippen LogP contribution is -2.37. The van der Waals surface area contributed by atoms with Gasteiger partial charge >= 0.3 is 5.97 Å². The number of likely N-dealkylation sites (N-methyl/N-ethyl adjacent to an activating group) is 1. The number of hydrogen-bond donors (Lipinski definition) is 2. The minimum atomic E-state index is -4.56. The van der Waals surface area contributed by atoms with Gasteiger partial charge < -0.3 is 28.3 Å². The van der Waals surface area contributed by atoms with E-state index < -0.39 is 33.1 Å². The Morgan fingerprint density at radius 1 is 0.846 bits per heavy atom. The molecule has 11 heteroatoms. The fraction of sp³-hybridized carbons (Fsp3) is 0.607. The minimum absolute atomic E-state index is 0.0457. The van der Waals surface area contributed by atoms with Crippen LogP contribution in [-0.4, -0.2) is 81.0 Å². The molecule has 0 aromatic heterocycles. The smallest absolute Gasteiger partial charge is 0.331 e. The first-order valence-corrected chi connectivity index (χ1v) is 14.9. The summed E-state index contributed by atoms with van der Waals surface area (Å²) in [5.74, 6) is -0.740. The number of allylic oxidation sites excluding steroid dienone is 9. The van der Waals surface area contributed by atoms with Crippen molar-refractivity contribution in [3.05, 3.63) is 60.8 Å². The maximum absolute atomic E-state index is 11.9. The van der Waals surface area contributed by atoms with Crippen LogP contribution in [0.3, 0.4) is 0 Å². The van der Waals surface area contributed by atoms with E-state index >= 15 is 0 Å². The van der Waals surface area contributed by atoms with Crippen LogP contribution in [-0.2, 0) is 28.0 Å². The molecule has 0 bridgehead atoms. The monoisotopic (exact) mass is 573 g/mol. The molecule has 0 aromatic rings. The van der Waals surface area contributed by atoms with Crippen LogP contribution >= 0.6 is 7.82 Å². The van der Waals surface area contributed by atoms with E-state index in [-0.39, 0.29) is 6.61 Å². The summed E-state index contributed by atoms with van der Waals surface area (Å²) in [7, 11) is 1.11. The number of hydrogen-bond acceptors (Lipinski definition) is 9. The molecule has 0 saturated carbocycles. The maximum Gasteiger partial charge on any atom is 0.331 e. The summed E-state index contributed by atoms with van der Waals surface area (Å²) in [5, 5.41) is 17.6. The molecule has 0 rings (SSSR count). The first kappa shape index (κ1) is 37.1. The van der Waals surface area contributed by atoms with Gasteiger partial charge in [-0.05, 0) is 19.3 Å². The highest BCUT2D eigenvalue weighted by Gasteiger charge is 2.18. The van der Waals surface area contributed by atoms with Gasteiger partial charge in [0.25, 0.3) is 7.82 Å². The molecule has 2 N–H and O–H groups in total. The number of carbonyl (C=O) groups is 1. The van der Waals surface area contributed by atoms with Crippen LogP contribution in [0.15, 0.2) is 60.8 Å². The summed E-state index contributed by atoms with van der Waals surface area (Å²) in [6.45, 7) is -0.295. The number of nitrogens with zero attached hydrogens (tertiary/aromatic N) is 1. The van der Waals surface area contributed by atoms with Crippen LogP contribution < -0.4 is 4.89 Å². The van der Waals surface area contributed by atoms with Crippen molar-refractivity contribution < 1.29 is 47.8 Å². The molecule has 0 amide bonds. The molecule has 2 atom stereocenters. The summed E-state index contributed by atoms with van der Waals surface area (Å²) >= 11 is 0. The summed E-state index contributed by atoms with van der Waals surface area (Å²) in [6.07, 6.45) is 25.7. The van der Waals surface area contributed by atoms with Crippen molar-refractivity contribution >= 4 is 13.8 Å². The van der Waals surface area contributed by atoms with Crippen molar-refractivity contribution in [1.82, 2.24) is 0 Å². The van der Waals surface area contributed by atoms with Crippen molar-refractivity contribution in [2.24, 2.45) is 0 Å². The van der Waals surface area contributed by atoms with Crippen molar-refractivity contribution in [2.45, 2.75) is 57.5 Å². The Bertz CT molecular complexity index is 816. The first-order chi connectivity index (χ1) is 18.6. The molecule has 10 nitrogen and oxygen atoms in total. The third kappa shape index (κ3) is 27.5. The highest BCUT2D eigenvalue weighted by Crippen LogP contribution is 2.38. The third-order valence-electron chi connectivity index (χ3n) is 5.17. The molecule has 0 spiro atoms. The second-order valence-electron chi connectivity index (χ2n) is 9.87. The number of esters is 1. The number of phosphoric acid groups is 1. The quantitative estimate of drug-likeness (QED) is 0.0250. The molecule has 224 valence electrons. The highest BCUT2D eigenvalue weighted by molar-refractivity contribution is 7.45. The van der Waals surface area contributed by atoms with Crippen LogP contribution in [0, 0.1) is 0 Å². The van der Waals surface area contributed by atoms with Gasteiger partial charge in [0.1, 0.15) is 19.3 Å². The molecule has 0 heterocycles. The Morgan fingerprint density at radius 3 is 2.00 bits per heavy atom. The van der Waals surface area contributed by atoms with Crippen LogP contribution in [0.1, 0.15) is 51.4 Å². The summed E-state index contributed by atoms with van der Waals surface area (Å²) in [6, 6.07) is 0. The standard InChI is InChI=1S/C28H48NO9P/c1-29(2,3)22-24-36-39(33,34)37-26-27(25-30)38-28(31)21-19-17-15-13-11-9-7-5-4-6-8-10-12-14-16-18-20-23-35-32/h4-5,7,9,11,13,15,17,19,21,27,30H,6,8,10,12,14,16,18,20,22-26H2,1-3H3,(H-,32,33,34)/t27-/m1/s1. The van der Waals surface area contributed by atoms with Crippen LogP contribution in [0.25, 0.3) is 0 Å². The molecule has 39 heavy (non-hydrogen) atoms. The zero-order valence-electron chi connectivity index (χ0n) is 23.7. The Balaban J connectivity index is 4.03. The molecule has 0 aliphatic carbocycles. The number of quaternary nitrogens is 1. The molecule has 0 radical (unpaired) electrons. The normalized spacial score (nSPS) is 15.3. The van der Waals surface area contributed by atoms with E-state index in [0.29, 0.717) is 17.6 Å². The van der Waals surface area contributed by atoms with E-state index in [1.165, 1.54) is 38.2 Å². The SMILES string of the molecule is C[N+](C)(C)CCOP(=O)([O-])OC[C@@H](CO)OC(=O)C=CC=CC=CC=CC=CCCCCCCCCCOO. The van der Waals surface area contributed by atoms with Gasteiger partial charge in [0.15, 0.2) is 0 Å². The van der Waals surface area contributed by atoms with Gasteiger partial charge in [-0.1, -0.05) is 86.8 Å². The van der Waals surface area contributed by atoms with E-state index in [0.717, 1.165) is 25.3 Å². The van der Waals surface area contributed by atoms with Crippen molar-refractivity contribution in [3.63, 3.8) is 0 Å². The number of aliphatic hydroxyl groups excluding tert-OH is 1. The number of ether oxygens (including phenoxy) is 1. The summed E-state index contributed by atoms with van der Waals surface area (Å²) in [5.41, 5.74) is 0. The Morgan fingerprint density at radius 2 is 1.41 bits per heavy atom. The molecule has 0 aliphatic heterocycles. The van der Waals surface area contributed by atoms with Gasteiger partial charge in [-0.25, -0.2) is 9.68 Å². The molecular weight excluding hydrogens is 525 g/mol. The topological polar surface area (TPSA) is 135 Å². The van der Waals surface area contributed by atoms with Crippen molar-refractivity contribution in [1.29, 1.82) is 0 Å². The van der Waals surface area contributed by atoms with Crippen molar-refractivity contribution in [3.8, 4) is 0 Å². The molecule has 0 aromatic carbocycles. The van der Waals surface area contributed by atoms with E-state index in [1.54, 1.807) is 18.2 Å². The van der Waals surface area contributed by atoms with E-state index in [2.05, 4.69) is 11.0 Å². The second kappa shape index (κ2) is 24.0. The molecule has 1 unspecified atom stereocenters. The van der Waals surface area contributed by atoms with E-state index in [9.17, 15) is 19.4 Å². The number of phosphoric ester groups is 1. The summed E-state index contributed by atoms with van der Waals surface area (Å²) < 4.78 is 26.8. The second-order valence-corrected chi connectivity index (χ2v) is 11.3. The number of unbranched alkanes of at least 4 members (excludes halogenated alkanes) is 7. The molecule has 0 saturated heterocycles. The van der Waals surface area contributed by atoms with E-state index in [1.807, 2.05) is 45.4 Å². The average Bonchev–Trinajstić information content (AvgIpc) is 2.87. The van der Waals surface area contributed by atoms with E-state index in [4.69, 9.17) is 19.0 Å². The molecular formula is C28H48NO9P. The van der Waals surface area contributed by atoms with Crippen LogP contribution in [0.2, 0.25) is 0 Å². The molecule has 0 aliphatic rings. The zero-order valence-corrected chi connectivity index (χ0v) is 24.6. The van der Waals surface area contributed by atoms with Gasteiger partial charge in [-0.2, -0.15) is 0 Å². The van der Waals surface area contributed by atoms with Gasteiger partial charge in [-0.15, -0.1) is 0 Å². The summed E-state index contributed by atoms with van der Waals surface area (Å²) in [4.78, 5) is 27.7. The predicted octanol–water partition coefficient (Wildman–Crippen LogP) is 4.49. The van der Waals surface area contributed by atoms with Gasteiger partial charge in [0.2, 0.25) is 0 Å². The lowest BCUT2D eigenvalue weighted by atomic mass is 10.1. The van der Waals surface area contributed by atoms with Crippen LogP contribution in [0.4, 0.5) is 0 Å². The van der Waals surface area contributed by atoms with Crippen LogP contribution in [0.5, 0.6) is 0 Å². The third-order valence-corrected chi connectivity index (χ3v) is 6.13. The first-order valence-electron chi connectivity index (χ1n) is 13.4. The fourth-order valence-electron chi connectivity index (χ4n) is 2.97. The van der Waals surface area contributed by atoms with Gasteiger partial charge in [0, 0.05) is 6.08 Å². The Labute approximate surface area is 234 Å². The fourth-order valence-corrected chi connectivity index (χ4v) is 3.70. The minimum Gasteiger partial charge on any atom is -0.756 e. The average molecular weight is 574 g/mol. The van der Waals surface area contributed by atoms with Crippen molar-refractivity contribution in [2.75, 3.05) is 54.1 Å². The lowest BCUT2D eigenvalue weighted by molar-refractivity contribution is -0.870. The number of rotatable bonds is 24. The number of carbonyl (C=O) groups excluding carboxylic acids is 1. The lowest BCUT2D eigenvalue weighted by Gasteiger charge is -2.28. The largest absolute Gasteiger partial charge is 0.756 e. The predicted molar refractivity (Wildman–Crippen MR) is 151 cm³/mol. The van der Waals surface area contributed by atoms with Gasteiger partial charge in [0.05, 0.1) is 41.0 Å². The highest BCUT2D eigenvalue weighted by atomic mass is 31.2.